The normalized spacial score (nSPS) is 15.1. The topological polar surface area (TPSA) is 63.4 Å². The van der Waals surface area contributed by atoms with Gasteiger partial charge in [0.15, 0.2) is 0 Å². The van der Waals surface area contributed by atoms with Gasteiger partial charge in [0.25, 0.3) is 5.91 Å². The Balaban J connectivity index is 1.49. The van der Waals surface area contributed by atoms with Crippen molar-refractivity contribution < 1.29 is 4.79 Å². The molecule has 0 aliphatic carbocycles. The van der Waals surface area contributed by atoms with Crippen LogP contribution in [0.25, 0.3) is 16.9 Å². The summed E-state index contributed by atoms with van der Waals surface area (Å²) in [6.07, 6.45) is 5.87. The number of hydrogen-bond acceptors (Lipinski definition) is 4. The highest BCUT2D eigenvalue weighted by Crippen LogP contribution is 2.39. The summed E-state index contributed by atoms with van der Waals surface area (Å²) in [5, 5.41) is 11.4. The predicted molar refractivity (Wildman–Crippen MR) is 140 cm³/mol. The molecule has 174 valence electrons. The van der Waals surface area contributed by atoms with Crippen LogP contribution >= 0.6 is 0 Å². The van der Waals surface area contributed by atoms with Crippen LogP contribution in [0.2, 0.25) is 0 Å². The minimum atomic E-state index is -0.312. The van der Waals surface area contributed by atoms with E-state index in [1.54, 1.807) is 29.5 Å². The first kappa shape index (κ1) is 21.7. The van der Waals surface area contributed by atoms with Gasteiger partial charge in [0.2, 0.25) is 0 Å². The number of nitrogens with zero attached hydrogens (tertiary/aromatic N) is 5. The summed E-state index contributed by atoms with van der Waals surface area (Å²) >= 11 is 0. The molecule has 1 aliphatic heterocycles. The number of aromatic nitrogens is 3. The number of hydrogen-bond donors (Lipinski definition) is 0. The molecule has 3 heterocycles. The Bertz CT molecular complexity index is 1510. The first-order valence-electron chi connectivity index (χ1n) is 11.8. The molecule has 0 saturated heterocycles. The number of rotatable bonds is 5. The minimum Gasteiger partial charge on any atom is -0.267 e. The fraction of sp³-hybridized carbons (Fsp3) is 0.0667. The summed E-state index contributed by atoms with van der Waals surface area (Å²) in [5.74, 6) is -0.167. The Kier molecular flexibility index (Phi) is 5.68. The lowest BCUT2D eigenvalue weighted by atomic mass is 9.96. The summed E-state index contributed by atoms with van der Waals surface area (Å²) in [6.45, 7) is 0. The van der Waals surface area contributed by atoms with Crippen molar-refractivity contribution in [3.05, 3.63) is 138 Å². The van der Waals surface area contributed by atoms with Gasteiger partial charge in [-0.2, -0.15) is 10.2 Å². The van der Waals surface area contributed by atoms with Gasteiger partial charge in [-0.05, 0) is 29.8 Å². The average molecular weight is 470 g/mol. The Morgan fingerprint density at radius 1 is 0.750 bits per heavy atom. The second-order valence-electron chi connectivity index (χ2n) is 8.60. The SMILES string of the molecule is O=C(c1ccncc1)N1N=C(c2ccccc2)C[C@H]1c1cn(-c2ccccc2)nc1-c1ccccc1. The van der Waals surface area contributed by atoms with Gasteiger partial charge in [-0.15, -0.1) is 0 Å². The van der Waals surface area contributed by atoms with Crippen LogP contribution in [0, 0.1) is 0 Å². The second kappa shape index (κ2) is 9.43. The van der Waals surface area contributed by atoms with Gasteiger partial charge < -0.3 is 0 Å². The predicted octanol–water partition coefficient (Wildman–Crippen LogP) is 5.93. The maximum atomic E-state index is 13.7. The third-order valence-corrected chi connectivity index (χ3v) is 6.32. The second-order valence-corrected chi connectivity index (χ2v) is 8.60. The van der Waals surface area contributed by atoms with Crippen molar-refractivity contribution in [2.75, 3.05) is 0 Å². The molecular weight excluding hydrogens is 446 g/mol. The third-order valence-electron chi connectivity index (χ3n) is 6.32. The van der Waals surface area contributed by atoms with Crippen molar-refractivity contribution in [3.8, 4) is 16.9 Å². The van der Waals surface area contributed by atoms with Crippen molar-refractivity contribution in [2.24, 2.45) is 5.10 Å². The lowest BCUT2D eigenvalue weighted by molar-refractivity contribution is 0.0711. The summed E-state index contributed by atoms with van der Waals surface area (Å²) in [7, 11) is 0. The highest BCUT2D eigenvalue weighted by Gasteiger charge is 2.36. The summed E-state index contributed by atoms with van der Waals surface area (Å²) in [4.78, 5) is 17.8. The van der Waals surface area contributed by atoms with E-state index in [0.717, 1.165) is 33.8 Å². The van der Waals surface area contributed by atoms with Gasteiger partial charge in [-0.3, -0.25) is 9.78 Å². The largest absolute Gasteiger partial charge is 0.274 e. The molecule has 0 radical (unpaired) electrons. The van der Waals surface area contributed by atoms with Crippen LogP contribution in [-0.4, -0.2) is 31.4 Å². The van der Waals surface area contributed by atoms with Crippen molar-refractivity contribution in [1.82, 2.24) is 19.8 Å². The first-order chi connectivity index (χ1) is 17.8. The molecule has 6 rings (SSSR count). The van der Waals surface area contributed by atoms with Crippen molar-refractivity contribution in [3.63, 3.8) is 0 Å². The van der Waals surface area contributed by atoms with E-state index in [4.69, 9.17) is 10.2 Å². The first-order valence-corrected chi connectivity index (χ1v) is 11.8. The quantitative estimate of drug-likeness (QED) is 0.321. The zero-order valence-corrected chi connectivity index (χ0v) is 19.5. The van der Waals surface area contributed by atoms with Gasteiger partial charge in [0, 0.05) is 41.7 Å². The molecule has 0 fully saturated rings. The highest BCUT2D eigenvalue weighted by molar-refractivity contribution is 6.05. The number of carbonyl (C=O) groups excluding carboxylic acids is 1. The molecule has 1 atom stereocenters. The summed E-state index contributed by atoms with van der Waals surface area (Å²) in [5.41, 5.74) is 6.15. The van der Waals surface area contributed by atoms with Crippen LogP contribution in [0.1, 0.15) is 33.9 Å². The van der Waals surface area contributed by atoms with E-state index in [-0.39, 0.29) is 11.9 Å². The van der Waals surface area contributed by atoms with Gasteiger partial charge in [-0.1, -0.05) is 78.9 Å². The van der Waals surface area contributed by atoms with Gasteiger partial charge in [-0.25, -0.2) is 9.69 Å². The van der Waals surface area contributed by atoms with Crippen LogP contribution in [0.5, 0.6) is 0 Å². The fourth-order valence-corrected chi connectivity index (χ4v) is 4.54. The fourth-order valence-electron chi connectivity index (χ4n) is 4.54. The van der Waals surface area contributed by atoms with Crippen molar-refractivity contribution >= 4 is 11.6 Å². The highest BCUT2D eigenvalue weighted by atomic mass is 16.2. The number of hydrazone groups is 1. The Labute approximate surface area is 209 Å². The molecule has 6 heteroatoms. The zero-order valence-electron chi connectivity index (χ0n) is 19.5. The van der Waals surface area contributed by atoms with E-state index >= 15 is 0 Å². The van der Waals surface area contributed by atoms with E-state index < -0.39 is 0 Å². The average Bonchev–Trinajstić information content (AvgIpc) is 3.60. The van der Waals surface area contributed by atoms with Gasteiger partial charge in [0.1, 0.15) is 0 Å². The zero-order chi connectivity index (χ0) is 24.3. The van der Waals surface area contributed by atoms with E-state index in [0.29, 0.717) is 12.0 Å². The van der Waals surface area contributed by atoms with E-state index in [2.05, 4.69) is 4.98 Å². The molecule has 0 saturated carbocycles. The molecule has 0 spiro atoms. The van der Waals surface area contributed by atoms with Gasteiger partial charge >= 0.3 is 0 Å². The minimum absolute atomic E-state index is 0.167. The molecule has 0 N–H and O–H groups in total. The maximum Gasteiger partial charge on any atom is 0.274 e. The van der Waals surface area contributed by atoms with Crippen LogP contribution in [0.15, 0.2) is 127 Å². The van der Waals surface area contributed by atoms with Crippen molar-refractivity contribution in [2.45, 2.75) is 12.5 Å². The molecule has 6 nitrogen and oxygen atoms in total. The lowest BCUT2D eigenvalue weighted by Gasteiger charge is -2.22. The van der Waals surface area contributed by atoms with Crippen LogP contribution in [0.3, 0.4) is 0 Å². The van der Waals surface area contributed by atoms with Crippen LogP contribution in [0.4, 0.5) is 0 Å². The Morgan fingerprint density at radius 2 is 1.36 bits per heavy atom. The maximum absolute atomic E-state index is 13.7. The van der Waals surface area contributed by atoms with Crippen LogP contribution in [-0.2, 0) is 0 Å². The van der Waals surface area contributed by atoms with E-state index in [9.17, 15) is 4.79 Å². The number of carbonyl (C=O) groups is 1. The van der Waals surface area contributed by atoms with Gasteiger partial charge in [0.05, 0.1) is 23.1 Å². The summed E-state index contributed by atoms with van der Waals surface area (Å²) < 4.78 is 1.88. The Hall–Kier alpha value is -4.84. The van der Waals surface area contributed by atoms with Crippen molar-refractivity contribution in [1.29, 1.82) is 0 Å². The smallest absolute Gasteiger partial charge is 0.267 e. The molecule has 36 heavy (non-hydrogen) atoms. The molecule has 5 aromatic rings. The molecule has 2 aromatic heterocycles. The van der Waals surface area contributed by atoms with Crippen LogP contribution < -0.4 is 0 Å². The molecule has 3 aromatic carbocycles. The molecule has 0 bridgehead atoms. The number of pyridine rings is 1. The van der Waals surface area contributed by atoms with E-state index in [1.807, 2.05) is 102 Å². The molecule has 1 amide bonds. The molecule has 0 unspecified atom stereocenters. The Morgan fingerprint density at radius 3 is 2.03 bits per heavy atom. The number of benzene rings is 3. The lowest BCUT2D eigenvalue weighted by Crippen LogP contribution is -2.27. The number of amides is 1. The molecular formula is C30H23N5O. The standard InChI is InChI=1S/C30H23N5O/c36-30(24-16-18-31-19-17-24)35-28(20-27(32-35)22-10-4-1-5-11-22)26-21-34(25-14-8-3-9-15-25)33-29(26)23-12-6-2-7-13-23/h1-19,21,28H,20H2/t28-/m0/s1. The molecule has 1 aliphatic rings. The monoisotopic (exact) mass is 469 g/mol. The van der Waals surface area contributed by atoms with E-state index in [1.165, 1.54) is 0 Å². The summed E-state index contributed by atoms with van der Waals surface area (Å²) in [6, 6.07) is 33.2. The third kappa shape index (κ3) is 4.09. The number of para-hydroxylation sites is 1.